The normalized spacial score (nSPS) is 13.7. The van der Waals surface area contributed by atoms with Crippen molar-refractivity contribution in [3.63, 3.8) is 0 Å². The summed E-state index contributed by atoms with van der Waals surface area (Å²) in [6.45, 7) is 2.39. The van der Waals surface area contributed by atoms with Gasteiger partial charge in [0.1, 0.15) is 0 Å². The first-order chi connectivity index (χ1) is 9.68. The number of aromatic nitrogens is 1. The van der Waals surface area contributed by atoms with Gasteiger partial charge in [-0.25, -0.2) is 0 Å². The molecule has 2 N–H and O–H groups in total. The van der Waals surface area contributed by atoms with Crippen LogP contribution in [-0.4, -0.2) is 22.6 Å². The van der Waals surface area contributed by atoms with Crippen LogP contribution < -0.4 is 5.32 Å². The van der Waals surface area contributed by atoms with Crippen molar-refractivity contribution < 1.29 is 9.90 Å². The van der Waals surface area contributed by atoms with Gasteiger partial charge in [0.25, 0.3) is 0 Å². The van der Waals surface area contributed by atoms with E-state index in [0.717, 1.165) is 11.1 Å². The summed E-state index contributed by atoms with van der Waals surface area (Å²) in [5.74, 6) is -1.36. The lowest BCUT2D eigenvalue weighted by molar-refractivity contribution is -0.138. The number of aliphatic carboxylic acids is 1. The number of hydrogen-bond acceptors (Lipinski definition) is 3. The van der Waals surface area contributed by atoms with Crippen LogP contribution in [0.4, 0.5) is 0 Å². The molecule has 2 aromatic rings. The van der Waals surface area contributed by atoms with Gasteiger partial charge in [0.15, 0.2) is 0 Å². The summed E-state index contributed by atoms with van der Waals surface area (Å²) in [6.07, 6.45) is 3.51. The molecule has 0 saturated carbocycles. The molecule has 0 spiro atoms. The van der Waals surface area contributed by atoms with Gasteiger partial charge >= 0.3 is 5.97 Å². The van der Waals surface area contributed by atoms with Crippen molar-refractivity contribution in [2.75, 3.05) is 6.54 Å². The Hall–Kier alpha value is -2.20. The van der Waals surface area contributed by atoms with Crippen LogP contribution in [0, 0.1) is 0 Å². The van der Waals surface area contributed by atoms with Crippen LogP contribution in [0.15, 0.2) is 54.9 Å². The second-order valence-electron chi connectivity index (χ2n) is 4.72. The minimum Gasteiger partial charge on any atom is -0.481 e. The Labute approximate surface area is 118 Å². The predicted molar refractivity (Wildman–Crippen MR) is 77.5 cm³/mol. The third kappa shape index (κ3) is 3.65. The van der Waals surface area contributed by atoms with Gasteiger partial charge in [-0.2, -0.15) is 0 Å². The molecule has 4 nitrogen and oxygen atoms in total. The summed E-state index contributed by atoms with van der Waals surface area (Å²) >= 11 is 0. The summed E-state index contributed by atoms with van der Waals surface area (Å²) < 4.78 is 0. The van der Waals surface area contributed by atoms with Gasteiger partial charge < -0.3 is 10.4 Å². The zero-order valence-electron chi connectivity index (χ0n) is 11.4. The minimum absolute atomic E-state index is 0.0641. The monoisotopic (exact) mass is 270 g/mol. The number of carbonyl (C=O) groups is 1. The average molecular weight is 270 g/mol. The number of pyridine rings is 1. The van der Waals surface area contributed by atoms with Gasteiger partial charge in [-0.15, -0.1) is 0 Å². The Kier molecular flexibility index (Phi) is 4.85. The second-order valence-corrected chi connectivity index (χ2v) is 4.72. The first-order valence-electron chi connectivity index (χ1n) is 6.59. The van der Waals surface area contributed by atoms with Crippen molar-refractivity contribution in [3.8, 4) is 0 Å². The topological polar surface area (TPSA) is 62.2 Å². The number of nitrogens with one attached hydrogen (secondary N) is 1. The van der Waals surface area contributed by atoms with Crippen molar-refractivity contribution >= 4 is 5.97 Å². The first kappa shape index (κ1) is 14.2. The number of hydrogen-bond donors (Lipinski definition) is 2. The maximum atomic E-state index is 11.4. The fourth-order valence-corrected chi connectivity index (χ4v) is 2.08. The van der Waals surface area contributed by atoms with E-state index in [1.54, 1.807) is 12.4 Å². The number of nitrogens with zero attached hydrogens (tertiary/aromatic N) is 1. The molecule has 1 aromatic heterocycles. The highest BCUT2D eigenvalue weighted by Gasteiger charge is 2.20. The van der Waals surface area contributed by atoms with Crippen molar-refractivity contribution in [3.05, 3.63) is 66.0 Å². The van der Waals surface area contributed by atoms with Gasteiger partial charge in [-0.1, -0.05) is 36.4 Å². The molecule has 0 saturated heterocycles. The summed E-state index contributed by atoms with van der Waals surface area (Å²) in [6, 6.07) is 13.2. The van der Waals surface area contributed by atoms with E-state index in [1.807, 2.05) is 49.4 Å². The number of rotatable bonds is 6. The first-order valence-corrected chi connectivity index (χ1v) is 6.59. The Balaban J connectivity index is 2.02. The molecule has 2 rings (SSSR count). The van der Waals surface area contributed by atoms with E-state index in [2.05, 4.69) is 10.3 Å². The fourth-order valence-electron chi connectivity index (χ4n) is 2.08. The quantitative estimate of drug-likeness (QED) is 0.847. The van der Waals surface area contributed by atoms with Crippen LogP contribution in [0.3, 0.4) is 0 Å². The van der Waals surface area contributed by atoms with E-state index < -0.39 is 11.9 Å². The van der Waals surface area contributed by atoms with E-state index in [9.17, 15) is 9.90 Å². The molecule has 0 radical (unpaired) electrons. The number of benzene rings is 1. The van der Waals surface area contributed by atoms with Gasteiger partial charge in [-0.3, -0.25) is 9.78 Å². The molecular formula is C16H18N2O2. The van der Waals surface area contributed by atoms with Crippen LogP contribution in [-0.2, 0) is 4.79 Å². The van der Waals surface area contributed by atoms with Crippen LogP contribution in [0.2, 0.25) is 0 Å². The van der Waals surface area contributed by atoms with Crippen LogP contribution >= 0.6 is 0 Å². The molecule has 0 fully saturated rings. The van der Waals surface area contributed by atoms with E-state index in [4.69, 9.17) is 0 Å². The Morgan fingerprint density at radius 1 is 1.20 bits per heavy atom. The highest BCUT2D eigenvalue weighted by molar-refractivity contribution is 5.76. The predicted octanol–water partition coefficient (Wildman–Crippen LogP) is 2.60. The van der Waals surface area contributed by atoms with Gasteiger partial charge in [0, 0.05) is 25.0 Å². The summed E-state index contributed by atoms with van der Waals surface area (Å²) in [5, 5.41) is 12.6. The Morgan fingerprint density at radius 3 is 2.50 bits per heavy atom. The zero-order chi connectivity index (χ0) is 14.4. The third-order valence-electron chi connectivity index (χ3n) is 3.31. The van der Waals surface area contributed by atoms with Crippen molar-refractivity contribution in [1.29, 1.82) is 0 Å². The maximum absolute atomic E-state index is 11.4. The Bertz CT molecular complexity index is 543. The highest BCUT2D eigenvalue weighted by atomic mass is 16.4. The molecular weight excluding hydrogens is 252 g/mol. The largest absolute Gasteiger partial charge is 0.481 e. The Morgan fingerprint density at radius 2 is 1.90 bits per heavy atom. The summed E-state index contributed by atoms with van der Waals surface area (Å²) in [7, 11) is 0. The molecule has 1 heterocycles. The lowest BCUT2D eigenvalue weighted by Crippen LogP contribution is -2.29. The number of carboxylic acids is 1. The van der Waals surface area contributed by atoms with E-state index in [0.29, 0.717) is 6.54 Å². The summed E-state index contributed by atoms with van der Waals surface area (Å²) in [4.78, 5) is 15.5. The standard InChI is InChI=1S/C16H18N2O2/c1-12(14-8-5-9-17-10-14)18-11-15(16(19)20)13-6-3-2-4-7-13/h2-10,12,15,18H,11H2,1H3,(H,19,20)/t12-,15?/m1/s1. The van der Waals surface area contributed by atoms with Crippen LogP contribution in [0.5, 0.6) is 0 Å². The molecule has 4 heteroatoms. The average Bonchev–Trinajstić information content (AvgIpc) is 2.49. The molecule has 0 aliphatic rings. The lowest BCUT2D eigenvalue weighted by Gasteiger charge is -2.18. The van der Waals surface area contributed by atoms with Gasteiger partial charge in [0.2, 0.25) is 0 Å². The van der Waals surface area contributed by atoms with Crippen LogP contribution in [0.1, 0.15) is 30.0 Å². The second kappa shape index (κ2) is 6.82. The molecule has 0 amide bonds. The SMILES string of the molecule is C[C@@H](NCC(C(=O)O)c1ccccc1)c1cccnc1. The molecule has 20 heavy (non-hydrogen) atoms. The van der Waals surface area contributed by atoms with Gasteiger partial charge in [-0.05, 0) is 24.1 Å². The van der Waals surface area contributed by atoms with Gasteiger partial charge in [0.05, 0.1) is 5.92 Å². The van der Waals surface area contributed by atoms with Crippen molar-refractivity contribution in [2.24, 2.45) is 0 Å². The number of carboxylic acid groups (broad SMARTS) is 1. The minimum atomic E-state index is -0.818. The lowest BCUT2D eigenvalue weighted by atomic mass is 9.98. The molecule has 0 aliphatic carbocycles. The van der Waals surface area contributed by atoms with Crippen molar-refractivity contribution in [2.45, 2.75) is 18.9 Å². The van der Waals surface area contributed by atoms with Crippen LogP contribution in [0.25, 0.3) is 0 Å². The molecule has 104 valence electrons. The zero-order valence-corrected chi connectivity index (χ0v) is 11.4. The highest BCUT2D eigenvalue weighted by Crippen LogP contribution is 2.17. The molecule has 2 atom stereocenters. The van der Waals surface area contributed by atoms with Crippen molar-refractivity contribution in [1.82, 2.24) is 10.3 Å². The molecule has 0 bridgehead atoms. The van der Waals surface area contributed by atoms with E-state index in [-0.39, 0.29) is 6.04 Å². The smallest absolute Gasteiger partial charge is 0.312 e. The summed E-state index contributed by atoms with van der Waals surface area (Å²) in [5.41, 5.74) is 1.86. The van der Waals surface area contributed by atoms with E-state index >= 15 is 0 Å². The maximum Gasteiger partial charge on any atom is 0.312 e. The molecule has 0 aliphatic heterocycles. The molecule has 1 unspecified atom stereocenters. The van der Waals surface area contributed by atoms with E-state index in [1.165, 1.54) is 0 Å². The third-order valence-corrected chi connectivity index (χ3v) is 3.31. The fraction of sp³-hybridized carbons (Fsp3) is 0.250. The molecule has 1 aromatic carbocycles.